The molecular weight excluding hydrogens is 278 g/mol. The van der Waals surface area contributed by atoms with E-state index in [4.69, 9.17) is 0 Å². The first-order valence-corrected chi connectivity index (χ1v) is 7.65. The molecule has 0 radical (unpaired) electrons. The van der Waals surface area contributed by atoms with Crippen molar-refractivity contribution in [2.45, 2.75) is 38.9 Å². The third-order valence-electron chi connectivity index (χ3n) is 3.94. The van der Waals surface area contributed by atoms with E-state index in [0.29, 0.717) is 19.0 Å². The van der Waals surface area contributed by atoms with E-state index < -0.39 is 0 Å². The number of nitrogens with zero attached hydrogens (tertiary/aromatic N) is 3. The van der Waals surface area contributed by atoms with Crippen LogP contribution < -0.4 is 10.6 Å². The van der Waals surface area contributed by atoms with Crippen molar-refractivity contribution in [3.05, 3.63) is 48.0 Å². The van der Waals surface area contributed by atoms with Crippen LogP contribution in [0, 0.1) is 5.92 Å². The van der Waals surface area contributed by atoms with Crippen LogP contribution in [0.5, 0.6) is 0 Å². The number of nitrogens with one attached hydrogen (secondary N) is 2. The van der Waals surface area contributed by atoms with Gasteiger partial charge in [-0.3, -0.25) is 0 Å². The van der Waals surface area contributed by atoms with Crippen LogP contribution in [-0.2, 0) is 13.1 Å². The van der Waals surface area contributed by atoms with Crippen molar-refractivity contribution in [1.82, 2.24) is 25.4 Å². The minimum absolute atomic E-state index is 0.0962. The third kappa shape index (κ3) is 4.07. The number of hydrogen-bond acceptors (Lipinski definition) is 3. The SMILES string of the molecule is CC(NC(=O)NCc1cccc(Cn2cncn2)c1)C1CC1. The number of amides is 2. The second-order valence-corrected chi connectivity index (χ2v) is 5.87. The Morgan fingerprint density at radius 3 is 2.95 bits per heavy atom. The van der Waals surface area contributed by atoms with Crippen LogP contribution in [0.15, 0.2) is 36.9 Å². The minimum atomic E-state index is -0.0962. The van der Waals surface area contributed by atoms with Crippen LogP contribution in [0.1, 0.15) is 30.9 Å². The molecule has 2 amide bonds. The summed E-state index contributed by atoms with van der Waals surface area (Å²) in [6.07, 6.45) is 5.67. The van der Waals surface area contributed by atoms with E-state index in [2.05, 4.69) is 33.7 Å². The lowest BCUT2D eigenvalue weighted by molar-refractivity contribution is 0.236. The lowest BCUT2D eigenvalue weighted by Crippen LogP contribution is -2.41. The van der Waals surface area contributed by atoms with Crippen LogP contribution >= 0.6 is 0 Å². The molecule has 1 aromatic carbocycles. The Hall–Kier alpha value is -2.37. The van der Waals surface area contributed by atoms with Crippen molar-refractivity contribution in [3.8, 4) is 0 Å². The number of benzene rings is 1. The van der Waals surface area contributed by atoms with Gasteiger partial charge in [0.25, 0.3) is 0 Å². The van der Waals surface area contributed by atoms with Gasteiger partial charge in [0.05, 0.1) is 6.54 Å². The van der Waals surface area contributed by atoms with Gasteiger partial charge in [-0.25, -0.2) is 14.5 Å². The Morgan fingerprint density at radius 2 is 2.23 bits per heavy atom. The number of hydrogen-bond donors (Lipinski definition) is 2. The zero-order valence-corrected chi connectivity index (χ0v) is 12.7. The molecule has 116 valence electrons. The summed E-state index contributed by atoms with van der Waals surface area (Å²) in [5.41, 5.74) is 2.21. The number of carbonyl (C=O) groups is 1. The Labute approximate surface area is 129 Å². The molecule has 1 fully saturated rings. The molecule has 0 bridgehead atoms. The fraction of sp³-hybridized carbons (Fsp3) is 0.438. The first kappa shape index (κ1) is 14.6. The van der Waals surface area contributed by atoms with Gasteiger partial charge in [-0.1, -0.05) is 24.3 Å². The predicted octanol–water partition coefficient (Wildman–Crippen LogP) is 1.92. The van der Waals surface area contributed by atoms with Gasteiger partial charge in [-0.05, 0) is 36.8 Å². The maximum Gasteiger partial charge on any atom is 0.315 e. The van der Waals surface area contributed by atoms with E-state index in [-0.39, 0.29) is 12.1 Å². The first-order chi connectivity index (χ1) is 10.7. The largest absolute Gasteiger partial charge is 0.335 e. The highest BCUT2D eigenvalue weighted by Crippen LogP contribution is 2.32. The summed E-state index contributed by atoms with van der Waals surface area (Å²) < 4.78 is 1.77. The van der Waals surface area contributed by atoms with Gasteiger partial charge in [0.1, 0.15) is 12.7 Å². The summed E-state index contributed by atoms with van der Waals surface area (Å²) in [6.45, 7) is 3.27. The van der Waals surface area contributed by atoms with Gasteiger partial charge >= 0.3 is 6.03 Å². The maximum atomic E-state index is 11.9. The molecule has 1 aliphatic rings. The molecule has 0 aliphatic heterocycles. The summed E-state index contributed by atoms with van der Waals surface area (Å²) in [6, 6.07) is 8.29. The molecule has 3 rings (SSSR count). The lowest BCUT2D eigenvalue weighted by Gasteiger charge is -2.14. The van der Waals surface area contributed by atoms with Crippen molar-refractivity contribution < 1.29 is 4.79 Å². The number of urea groups is 1. The summed E-state index contributed by atoms with van der Waals surface area (Å²) in [4.78, 5) is 15.8. The third-order valence-corrected chi connectivity index (χ3v) is 3.94. The first-order valence-electron chi connectivity index (χ1n) is 7.65. The molecule has 1 unspecified atom stereocenters. The Bertz CT molecular complexity index is 621. The molecule has 1 aliphatic carbocycles. The van der Waals surface area contributed by atoms with Crippen LogP contribution in [0.25, 0.3) is 0 Å². The fourth-order valence-corrected chi connectivity index (χ4v) is 2.49. The van der Waals surface area contributed by atoms with E-state index >= 15 is 0 Å². The number of rotatable bonds is 6. The second-order valence-electron chi connectivity index (χ2n) is 5.87. The van der Waals surface area contributed by atoms with Gasteiger partial charge in [-0.2, -0.15) is 5.10 Å². The highest BCUT2D eigenvalue weighted by Gasteiger charge is 2.28. The van der Waals surface area contributed by atoms with Crippen molar-refractivity contribution in [2.75, 3.05) is 0 Å². The maximum absolute atomic E-state index is 11.9. The van der Waals surface area contributed by atoms with E-state index in [9.17, 15) is 4.79 Å². The molecule has 1 saturated carbocycles. The second kappa shape index (κ2) is 6.60. The predicted molar refractivity (Wildman–Crippen MR) is 83.1 cm³/mol. The Morgan fingerprint density at radius 1 is 1.41 bits per heavy atom. The molecule has 22 heavy (non-hydrogen) atoms. The van der Waals surface area contributed by atoms with E-state index in [1.807, 2.05) is 18.2 Å². The van der Waals surface area contributed by atoms with Crippen molar-refractivity contribution in [1.29, 1.82) is 0 Å². The Balaban J connectivity index is 1.50. The molecule has 6 heteroatoms. The Kier molecular flexibility index (Phi) is 4.37. The van der Waals surface area contributed by atoms with Crippen LogP contribution in [0.3, 0.4) is 0 Å². The molecule has 6 nitrogen and oxygen atoms in total. The highest BCUT2D eigenvalue weighted by molar-refractivity contribution is 5.74. The standard InChI is InChI=1S/C16H21N5O/c1-12(15-5-6-15)20-16(22)18-8-13-3-2-4-14(7-13)9-21-11-17-10-19-21/h2-4,7,10-12,15H,5-6,8-9H2,1H3,(H2,18,20,22). The number of carbonyl (C=O) groups excluding carboxylic acids is 1. The van der Waals surface area contributed by atoms with Crippen molar-refractivity contribution >= 4 is 6.03 Å². The van der Waals surface area contributed by atoms with Crippen LogP contribution in [-0.4, -0.2) is 26.8 Å². The average Bonchev–Trinajstić information content (AvgIpc) is 3.25. The van der Waals surface area contributed by atoms with Crippen LogP contribution in [0.2, 0.25) is 0 Å². The topological polar surface area (TPSA) is 71.8 Å². The number of aromatic nitrogens is 3. The van der Waals surface area contributed by atoms with E-state index in [1.54, 1.807) is 11.0 Å². The molecule has 1 atom stereocenters. The van der Waals surface area contributed by atoms with E-state index in [1.165, 1.54) is 19.2 Å². The van der Waals surface area contributed by atoms with E-state index in [0.717, 1.165) is 11.1 Å². The van der Waals surface area contributed by atoms with Crippen LogP contribution in [0.4, 0.5) is 4.79 Å². The molecule has 0 saturated heterocycles. The summed E-state index contributed by atoms with van der Waals surface area (Å²) in [5.74, 6) is 0.664. The van der Waals surface area contributed by atoms with Crippen molar-refractivity contribution in [2.24, 2.45) is 5.92 Å². The molecule has 1 aromatic heterocycles. The fourth-order valence-electron chi connectivity index (χ4n) is 2.49. The quantitative estimate of drug-likeness (QED) is 0.856. The van der Waals surface area contributed by atoms with Gasteiger partial charge < -0.3 is 10.6 Å². The summed E-state index contributed by atoms with van der Waals surface area (Å²) in [7, 11) is 0. The monoisotopic (exact) mass is 299 g/mol. The zero-order chi connectivity index (χ0) is 15.4. The molecule has 0 spiro atoms. The lowest BCUT2D eigenvalue weighted by atomic mass is 10.1. The minimum Gasteiger partial charge on any atom is -0.335 e. The average molecular weight is 299 g/mol. The summed E-state index contributed by atoms with van der Waals surface area (Å²) in [5, 5.41) is 10.0. The summed E-state index contributed by atoms with van der Waals surface area (Å²) >= 11 is 0. The molecule has 2 aromatic rings. The highest BCUT2D eigenvalue weighted by atomic mass is 16.2. The molecular formula is C16H21N5O. The molecule has 1 heterocycles. The van der Waals surface area contributed by atoms with Gasteiger partial charge in [0.15, 0.2) is 0 Å². The normalized spacial score (nSPS) is 15.3. The van der Waals surface area contributed by atoms with Gasteiger partial charge in [-0.15, -0.1) is 0 Å². The van der Waals surface area contributed by atoms with Crippen molar-refractivity contribution in [3.63, 3.8) is 0 Å². The zero-order valence-electron chi connectivity index (χ0n) is 12.7. The van der Waals surface area contributed by atoms with Gasteiger partial charge in [0.2, 0.25) is 0 Å². The van der Waals surface area contributed by atoms with Gasteiger partial charge in [0, 0.05) is 12.6 Å². The smallest absolute Gasteiger partial charge is 0.315 e. The molecule has 2 N–H and O–H groups in total.